The Labute approximate surface area is 213 Å². The van der Waals surface area contributed by atoms with Crippen LogP contribution in [0.1, 0.15) is 10.4 Å². The first-order valence-electron chi connectivity index (χ1n) is 9.75. The summed E-state index contributed by atoms with van der Waals surface area (Å²) in [6.45, 7) is 0. The van der Waals surface area contributed by atoms with Crippen molar-refractivity contribution < 1.29 is 40.9 Å². The third-order valence-electron chi connectivity index (χ3n) is 4.81. The van der Waals surface area contributed by atoms with Crippen LogP contribution in [0.3, 0.4) is 0 Å². The number of aromatic nitrogens is 3. The predicted octanol–water partition coefficient (Wildman–Crippen LogP) is 3.06. The lowest BCUT2D eigenvalue weighted by atomic mass is 10.1. The molecule has 0 aliphatic heterocycles. The Balaban J connectivity index is 1.79. The molecule has 6 N–H and O–H groups in total. The summed E-state index contributed by atoms with van der Waals surface area (Å²) in [5, 5.41) is 24.3. The highest BCUT2D eigenvalue weighted by Crippen LogP contribution is 2.37. The second kappa shape index (κ2) is 9.41. The first kappa shape index (κ1) is 26.0. The molecule has 17 heteroatoms. The molecule has 0 aliphatic carbocycles. The fourth-order valence-electron chi connectivity index (χ4n) is 3.24. The number of carboxylic acids is 1. The van der Waals surface area contributed by atoms with E-state index in [-0.39, 0.29) is 39.2 Å². The molecule has 0 saturated heterocycles. The third-order valence-corrected chi connectivity index (χ3v) is 6.65. The molecule has 14 nitrogen and oxygen atoms in total. The third kappa shape index (κ3) is 5.84. The first-order chi connectivity index (χ1) is 17.2. The van der Waals surface area contributed by atoms with Crippen molar-refractivity contribution in [1.82, 2.24) is 15.0 Å². The second-order valence-corrected chi connectivity index (χ2v) is 10.5. The highest BCUT2D eigenvalue weighted by atomic mass is 35.5. The molecule has 4 rings (SSSR count). The molecule has 37 heavy (non-hydrogen) atoms. The van der Waals surface area contributed by atoms with Gasteiger partial charge in [0.25, 0.3) is 20.2 Å². The second-order valence-electron chi connectivity index (χ2n) is 7.35. The molecular formula is C20H14ClN5O9S2. The van der Waals surface area contributed by atoms with E-state index in [0.717, 1.165) is 24.3 Å². The molecule has 0 unspecified atom stereocenters. The lowest BCUT2D eigenvalue weighted by Gasteiger charge is -2.14. The van der Waals surface area contributed by atoms with Crippen LogP contribution in [0.2, 0.25) is 5.28 Å². The van der Waals surface area contributed by atoms with E-state index in [1.807, 2.05) is 0 Å². The van der Waals surface area contributed by atoms with Crippen molar-refractivity contribution in [3.05, 3.63) is 59.4 Å². The highest BCUT2D eigenvalue weighted by molar-refractivity contribution is 7.86. The van der Waals surface area contributed by atoms with Crippen molar-refractivity contribution in [3.63, 3.8) is 0 Å². The van der Waals surface area contributed by atoms with Crippen LogP contribution in [0.5, 0.6) is 5.75 Å². The van der Waals surface area contributed by atoms with E-state index >= 15 is 0 Å². The summed E-state index contributed by atoms with van der Waals surface area (Å²) in [4.78, 5) is 21.5. The number of hydrogen-bond acceptors (Lipinski definition) is 11. The number of phenolic OH excluding ortho intramolecular Hbond substituents is 1. The number of carboxylic acid groups (broad SMARTS) is 1. The number of fused-ring (bicyclic) bond motifs is 1. The number of anilines is 4. The van der Waals surface area contributed by atoms with Gasteiger partial charge in [-0.15, -0.1) is 0 Å². The minimum atomic E-state index is -4.80. The van der Waals surface area contributed by atoms with Crippen LogP contribution in [0.15, 0.2) is 58.3 Å². The van der Waals surface area contributed by atoms with E-state index in [4.69, 9.17) is 16.7 Å². The molecule has 0 aliphatic rings. The summed E-state index contributed by atoms with van der Waals surface area (Å²) in [6, 6.07) is 9.01. The molecule has 0 spiro atoms. The lowest BCUT2D eigenvalue weighted by Crippen LogP contribution is -2.06. The van der Waals surface area contributed by atoms with Crippen LogP contribution >= 0.6 is 11.6 Å². The summed E-state index contributed by atoms with van der Waals surface area (Å²) >= 11 is 5.97. The van der Waals surface area contributed by atoms with Gasteiger partial charge in [0, 0.05) is 17.1 Å². The Morgan fingerprint density at radius 2 is 1.35 bits per heavy atom. The lowest BCUT2D eigenvalue weighted by molar-refractivity contribution is 0.0697. The smallest absolute Gasteiger partial charge is 0.335 e. The Hall–Kier alpha value is -4.09. The maximum Gasteiger partial charge on any atom is 0.335 e. The van der Waals surface area contributed by atoms with Crippen LogP contribution in [0, 0.1) is 0 Å². The van der Waals surface area contributed by atoms with Gasteiger partial charge < -0.3 is 20.8 Å². The van der Waals surface area contributed by atoms with Gasteiger partial charge in [-0.2, -0.15) is 31.8 Å². The Bertz CT molecular complexity index is 1780. The van der Waals surface area contributed by atoms with Gasteiger partial charge in [-0.1, -0.05) is 0 Å². The first-order valence-corrected chi connectivity index (χ1v) is 13.0. The van der Waals surface area contributed by atoms with Gasteiger partial charge in [0.15, 0.2) is 0 Å². The molecule has 4 aromatic rings. The predicted molar refractivity (Wildman–Crippen MR) is 130 cm³/mol. The topological polar surface area (TPSA) is 229 Å². The van der Waals surface area contributed by atoms with Gasteiger partial charge >= 0.3 is 5.97 Å². The zero-order valence-corrected chi connectivity index (χ0v) is 20.4. The molecule has 0 fully saturated rings. The van der Waals surface area contributed by atoms with E-state index < -0.39 is 41.7 Å². The minimum absolute atomic E-state index is 0.0455. The number of benzene rings is 3. The highest BCUT2D eigenvalue weighted by Gasteiger charge is 2.20. The molecule has 192 valence electrons. The zero-order valence-electron chi connectivity index (χ0n) is 18.0. The molecular weight excluding hydrogens is 554 g/mol. The van der Waals surface area contributed by atoms with Crippen molar-refractivity contribution in [2.24, 2.45) is 0 Å². The number of rotatable bonds is 7. The van der Waals surface area contributed by atoms with Gasteiger partial charge in [-0.3, -0.25) is 9.11 Å². The van der Waals surface area contributed by atoms with Crippen molar-refractivity contribution >= 4 is 71.9 Å². The van der Waals surface area contributed by atoms with Crippen LogP contribution in [-0.4, -0.2) is 57.1 Å². The summed E-state index contributed by atoms with van der Waals surface area (Å²) < 4.78 is 65.6. The summed E-state index contributed by atoms with van der Waals surface area (Å²) in [6.07, 6.45) is 0. The molecule has 1 heterocycles. The Morgan fingerprint density at radius 3 is 1.89 bits per heavy atom. The van der Waals surface area contributed by atoms with Gasteiger partial charge in [-0.05, 0) is 59.5 Å². The van der Waals surface area contributed by atoms with Crippen LogP contribution < -0.4 is 10.6 Å². The number of phenols is 1. The number of halogens is 1. The minimum Gasteiger partial charge on any atom is -0.507 e. The monoisotopic (exact) mass is 567 g/mol. The standard InChI is InChI=1S/C20H14ClN5O9S2/c21-18-24-19(22-11-3-1-9(2-4-11)17(28)29)26-20(25-18)23-14-7-12(36(30,31)32)5-10-6-13(37(33,34)35)8-15(27)16(10)14/h1-8,27H,(H,28,29)(H,30,31,32)(H,33,34,35)(H2,22,23,24,25,26). The van der Waals surface area contributed by atoms with Crippen molar-refractivity contribution in [2.45, 2.75) is 9.79 Å². The van der Waals surface area contributed by atoms with Crippen molar-refractivity contribution in [3.8, 4) is 5.75 Å². The van der Waals surface area contributed by atoms with Crippen molar-refractivity contribution in [2.75, 3.05) is 10.6 Å². The van der Waals surface area contributed by atoms with Gasteiger partial charge in [0.2, 0.25) is 17.2 Å². The quantitative estimate of drug-likeness (QED) is 0.176. The molecule has 0 radical (unpaired) electrons. The Morgan fingerprint density at radius 1 is 0.811 bits per heavy atom. The summed E-state index contributed by atoms with van der Waals surface area (Å²) in [7, 11) is -9.57. The van der Waals surface area contributed by atoms with E-state index in [0.29, 0.717) is 5.69 Å². The molecule has 0 bridgehead atoms. The van der Waals surface area contributed by atoms with E-state index in [2.05, 4.69) is 25.6 Å². The van der Waals surface area contributed by atoms with Crippen LogP contribution in [-0.2, 0) is 20.2 Å². The number of aromatic carboxylic acids is 1. The van der Waals surface area contributed by atoms with Crippen LogP contribution in [0.25, 0.3) is 10.8 Å². The zero-order chi connectivity index (χ0) is 27.1. The number of nitrogens with one attached hydrogen (secondary N) is 2. The molecule has 3 aromatic carbocycles. The van der Waals surface area contributed by atoms with Crippen molar-refractivity contribution in [1.29, 1.82) is 0 Å². The molecule has 0 atom stereocenters. The fourth-order valence-corrected chi connectivity index (χ4v) is 4.48. The maximum atomic E-state index is 11.8. The fraction of sp³-hybridized carbons (Fsp3) is 0. The van der Waals surface area contributed by atoms with E-state index in [1.54, 1.807) is 0 Å². The average molecular weight is 568 g/mol. The molecule has 0 amide bonds. The SMILES string of the molecule is O=C(O)c1ccc(Nc2nc(Cl)nc(Nc3cc(S(=O)(=O)O)cc4cc(S(=O)(=O)O)cc(O)c34)n2)cc1. The summed E-state index contributed by atoms with van der Waals surface area (Å²) in [5.74, 6) is -2.13. The number of hydrogen-bond donors (Lipinski definition) is 6. The van der Waals surface area contributed by atoms with E-state index in [1.165, 1.54) is 24.3 Å². The maximum absolute atomic E-state index is 11.8. The van der Waals surface area contributed by atoms with E-state index in [9.17, 15) is 35.8 Å². The Kier molecular flexibility index (Phi) is 6.61. The number of carbonyl (C=O) groups is 1. The molecule has 1 aromatic heterocycles. The molecule has 0 saturated carbocycles. The summed E-state index contributed by atoms with van der Waals surface area (Å²) in [5.41, 5.74) is 0.264. The average Bonchev–Trinajstić information content (AvgIpc) is 2.77. The van der Waals surface area contributed by atoms with Gasteiger partial charge in [0.05, 0.1) is 21.0 Å². The number of aromatic hydroxyl groups is 1. The van der Waals surface area contributed by atoms with Gasteiger partial charge in [0.1, 0.15) is 5.75 Å². The normalized spacial score (nSPS) is 11.9. The number of nitrogens with zero attached hydrogens (tertiary/aromatic N) is 3. The van der Waals surface area contributed by atoms with Crippen LogP contribution in [0.4, 0.5) is 23.3 Å². The van der Waals surface area contributed by atoms with Gasteiger partial charge in [-0.25, -0.2) is 4.79 Å². The largest absolute Gasteiger partial charge is 0.507 e.